The Balaban J connectivity index is 2.64. The van der Waals surface area contributed by atoms with E-state index in [4.69, 9.17) is 0 Å². The van der Waals surface area contributed by atoms with Crippen LogP contribution in [0.25, 0.3) is 10.9 Å². The highest BCUT2D eigenvalue weighted by atomic mass is 16.3. The minimum Gasteiger partial charge on any atom is -0.507 e. The number of hydrogen-bond donors (Lipinski definition) is 1. The number of rotatable bonds is 2. The fourth-order valence-corrected chi connectivity index (χ4v) is 1.38. The van der Waals surface area contributed by atoms with Gasteiger partial charge in [0.15, 0.2) is 0 Å². The molecule has 0 spiro atoms. The summed E-state index contributed by atoms with van der Waals surface area (Å²) in [6, 6.07) is 6.86. The van der Waals surface area contributed by atoms with Gasteiger partial charge in [-0.15, -0.1) is 0 Å². The molecule has 1 aromatic heterocycles. The van der Waals surface area contributed by atoms with Gasteiger partial charge in [-0.3, -0.25) is 9.78 Å². The minimum atomic E-state index is 0.168. The highest BCUT2D eigenvalue weighted by Gasteiger charge is 2.04. The van der Waals surface area contributed by atoms with Crippen LogP contribution in [0.4, 0.5) is 5.69 Å². The largest absolute Gasteiger partial charge is 0.507 e. The van der Waals surface area contributed by atoms with Crippen LogP contribution in [0.2, 0.25) is 0 Å². The molecule has 0 saturated heterocycles. The molecular formula is C11H10N2O2. The number of carbonyl (C=O) groups excluding carboxylic acids is 1. The molecule has 0 unspecified atom stereocenters. The summed E-state index contributed by atoms with van der Waals surface area (Å²) < 4.78 is 0. The average molecular weight is 202 g/mol. The van der Waals surface area contributed by atoms with Gasteiger partial charge in [-0.2, -0.15) is 0 Å². The van der Waals surface area contributed by atoms with Gasteiger partial charge in [0.25, 0.3) is 0 Å². The minimum absolute atomic E-state index is 0.168. The summed E-state index contributed by atoms with van der Waals surface area (Å²) in [4.78, 5) is 16.1. The fraction of sp³-hybridized carbons (Fsp3) is 0.0909. The standard InChI is InChI=1S/C11H10N2O2/c1-13(7-14)8-5-9-10(12-6-8)3-2-4-11(9)15/h2-7,15H,1H3. The number of anilines is 1. The number of hydrogen-bond acceptors (Lipinski definition) is 3. The maximum atomic E-state index is 10.6. The van der Waals surface area contributed by atoms with Gasteiger partial charge in [0, 0.05) is 12.4 Å². The molecule has 4 nitrogen and oxygen atoms in total. The predicted octanol–water partition coefficient (Wildman–Crippen LogP) is 1.53. The van der Waals surface area contributed by atoms with Crippen LogP contribution < -0.4 is 4.90 Å². The summed E-state index contributed by atoms with van der Waals surface area (Å²) >= 11 is 0. The Kier molecular flexibility index (Phi) is 2.25. The smallest absolute Gasteiger partial charge is 0.213 e. The van der Waals surface area contributed by atoms with Crippen LogP contribution in [0.5, 0.6) is 5.75 Å². The van der Waals surface area contributed by atoms with E-state index in [0.29, 0.717) is 23.0 Å². The van der Waals surface area contributed by atoms with Gasteiger partial charge < -0.3 is 10.0 Å². The molecule has 1 N–H and O–H groups in total. The van der Waals surface area contributed by atoms with Gasteiger partial charge in [0.2, 0.25) is 6.41 Å². The number of phenolic OH excluding ortho intramolecular Hbond substituents is 1. The van der Waals surface area contributed by atoms with E-state index in [1.807, 2.05) is 0 Å². The summed E-state index contributed by atoms with van der Waals surface area (Å²) in [5.41, 5.74) is 1.36. The molecule has 0 saturated carbocycles. The normalized spacial score (nSPS) is 10.2. The lowest BCUT2D eigenvalue weighted by atomic mass is 10.2. The molecule has 2 aromatic rings. The van der Waals surface area contributed by atoms with E-state index < -0.39 is 0 Å². The third-order valence-electron chi connectivity index (χ3n) is 2.25. The summed E-state index contributed by atoms with van der Waals surface area (Å²) in [7, 11) is 1.63. The van der Waals surface area contributed by atoms with Gasteiger partial charge >= 0.3 is 0 Å². The van der Waals surface area contributed by atoms with Crippen molar-refractivity contribution in [1.82, 2.24) is 4.98 Å². The van der Waals surface area contributed by atoms with Crippen molar-refractivity contribution >= 4 is 23.0 Å². The Morgan fingerprint density at radius 3 is 3.00 bits per heavy atom. The molecule has 15 heavy (non-hydrogen) atoms. The van der Waals surface area contributed by atoms with E-state index in [9.17, 15) is 9.90 Å². The van der Waals surface area contributed by atoms with Crippen LogP contribution in [0.1, 0.15) is 0 Å². The lowest BCUT2D eigenvalue weighted by molar-refractivity contribution is -0.107. The van der Waals surface area contributed by atoms with Crippen LogP contribution >= 0.6 is 0 Å². The summed E-state index contributed by atoms with van der Waals surface area (Å²) in [6.45, 7) is 0. The van der Waals surface area contributed by atoms with Gasteiger partial charge in [-0.25, -0.2) is 0 Å². The van der Waals surface area contributed by atoms with Crippen molar-refractivity contribution < 1.29 is 9.90 Å². The zero-order chi connectivity index (χ0) is 10.8. The van der Waals surface area contributed by atoms with Gasteiger partial charge in [-0.1, -0.05) is 6.07 Å². The molecule has 4 heteroatoms. The van der Waals surface area contributed by atoms with E-state index in [1.54, 1.807) is 37.5 Å². The van der Waals surface area contributed by atoms with E-state index in [-0.39, 0.29) is 5.75 Å². The molecule has 0 fully saturated rings. The van der Waals surface area contributed by atoms with Crippen molar-refractivity contribution in [1.29, 1.82) is 0 Å². The van der Waals surface area contributed by atoms with Crippen molar-refractivity contribution in [3.63, 3.8) is 0 Å². The number of amides is 1. The Hall–Kier alpha value is -2.10. The van der Waals surface area contributed by atoms with Crippen LogP contribution in [0, 0.1) is 0 Å². The first kappa shape index (κ1) is 9.45. The number of benzene rings is 1. The quantitative estimate of drug-likeness (QED) is 0.751. The molecular weight excluding hydrogens is 192 g/mol. The third kappa shape index (κ3) is 1.61. The van der Waals surface area contributed by atoms with E-state index in [0.717, 1.165) is 0 Å². The van der Waals surface area contributed by atoms with Crippen molar-refractivity contribution in [2.75, 3.05) is 11.9 Å². The monoisotopic (exact) mass is 202 g/mol. The molecule has 76 valence electrons. The molecule has 0 atom stereocenters. The molecule has 1 amide bonds. The fourth-order valence-electron chi connectivity index (χ4n) is 1.38. The predicted molar refractivity (Wildman–Crippen MR) is 57.9 cm³/mol. The maximum absolute atomic E-state index is 10.6. The van der Waals surface area contributed by atoms with Crippen LogP contribution in [0.3, 0.4) is 0 Å². The van der Waals surface area contributed by atoms with Gasteiger partial charge in [0.1, 0.15) is 5.75 Å². The zero-order valence-corrected chi connectivity index (χ0v) is 8.21. The SMILES string of the molecule is CN(C=O)c1cnc2cccc(O)c2c1. The van der Waals surface area contributed by atoms with Crippen LogP contribution in [0.15, 0.2) is 30.5 Å². The molecule has 2 rings (SSSR count). The number of fused-ring (bicyclic) bond motifs is 1. The number of pyridine rings is 1. The van der Waals surface area contributed by atoms with Crippen molar-refractivity contribution in [3.8, 4) is 5.75 Å². The zero-order valence-electron chi connectivity index (χ0n) is 8.21. The van der Waals surface area contributed by atoms with Crippen LogP contribution in [-0.4, -0.2) is 23.5 Å². The summed E-state index contributed by atoms with van der Waals surface area (Å²) in [5.74, 6) is 0.168. The van der Waals surface area contributed by atoms with Crippen molar-refractivity contribution in [2.45, 2.75) is 0 Å². The molecule has 0 aliphatic carbocycles. The lowest BCUT2D eigenvalue weighted by Crippen LogP contribution is -2.13. The van der Waals surface area contributed by atoms with E-state index in [2.05, 4.69) is 4.98 Å². The molecule has 1 aromatic carbocycles. The maximum Gasteiger partial charge on any atom is 0.213 e. The molecule has 0 radical (unpaired) electrons. The number of phenols is 1. The first-order valence-electron chi connectivity index (χ1n) is 4.48. The third-order valence-corrected chi connectivity index (χ3v) is 2.25. The molecule has 0 aliphatic rings. The second-order valence-electron chi connectivity index (χ2n) is 3.25. The summed E-state index contributed by atoms with van der Waals surface area (Å²) in [6.07, 6.45) is 2.29. The first-order chi connectivity index (χ1) is 7.22. The van der Waals surface area contributed by atoms with Crippen LogP contribution in [-0.2, 0) is 4.79 Å². The van der Waals surface area contributed by atoms with Gasteiger partial charge in [-0.05, 0) is 18.2 Å². The Morgan fingerprint density at radius 1 is 1.47 bits per heavy atom. The second-order valence-corrected chi connectivity index (χ2v) is 3.25. The van der Waals surface area contributed by atoms with E-state index >= 15 is 0 Å². The highest BCUT2D eigenvalue weighted by Crippen LogP contribution is 2.25. The number of aromatic hydroxyl groups is 1. The average Bonchev–Trinajstić information content (AvgIpc) is 2.28. The molecule has 0 aliphatic heterocycles. The first-order valence-corrected chi connectivity index (χ1v) is 4.48. The topological polar surface area (TPSA) is 53.4 Å². The Bertz CT molecular complexity index is 511. The van der Waals surface area contributed by atoms with Crippen molar-refractivity contribution in [3.05, 3.63) is 30.5 Å². The molecule has 1 heterocycles. The lowest BCUT2D eigenvalue weighted by Gasteiger charge is -2.10. The number of carbonyl (C=O) groups is 1. The highest BCUT2D eigenvalue weighted by molar-refractivity contribution is 5.89. The summed E-state index contributed by atoms with van der Waals surface area (Å²) in [5, 5.41) is 10.2. The Labute approximate surface area is 86.8 Å². The Morgan fingerprint density at radius 2 is 2.27 bits per heavy atom. The molecule has 0 bridgehead atoms. The van der Waals surface area contributed by atoms with Gasteiger partial charge in [0.05, 0.1) is 17.4 Å². The number of aromatic nitrogens is 1. The second kappa shape index (κ2) is 3.57. The van der Waals surface area contributed by atoms with Crippen molar-refractivity contribution in [2.24, 2.45) is 0 Å². The van der Waals surface area contributed by atoms with E-state index in [1.165, 1.54) is 4.90 Å². The number of nitrogens with zero attached hydrogens (tertiary/aromatic N) is 2.